The standard InChI is InChI=1S/C19H24N6O/c1-20-19(21-12-5-9-15-7-3-2-4-8-15)22-13-11-17-23-18(25-24-17)16-10-6-14-26-16/h2-4,6-8,10,14H,5,9,11-13H2,1H3,(H2,20,21,22)(H,23,24,25). The second-order valence-corrected chi connectivity index (χ2v) is 5.85. The maximum Gasteiger partial charge on any atom is 0.216 e. The number of furan rings is 1. The molecule has 0 radical (unpaired) electrons. The first-order valence-corrected chi connectivity index (χ1v) is 8.79. The van der Waals surface area contributed by atoms with Gasteiger partial charge >= 0.3 is 0 Å². The van der Waals surface area contributed by atoms with E-state index in [0.29, 0.717) is 18.1 Å². The molecular formula is C19H24N6O. The number of benzene rings is 1. The second kappa shape index (κ2) is 9.41. The van der Waals surface area contributed by atoms with E-state index in [1.165, 1.54) is 5.56 Å². The maximum absolute atomic E-state index is 5.29. The van der Waals surface area contributed by atoms with Gasteiger partial charge in [-0.2, -0.15) is 5.10 Å². The quantitative estimate of drug-likeness (QED) is 0.329. The zero-order valence-electron chi connectivity index (χ0n) is 14.9. The number of rotatable bonds is 8. The van der Waals surface area contributed by atoms with Gasteiger partial charge in [0.25, 0.3) is 0 Å². The maximum atomic E-state index is 5.29. The fourth-order valence-electron chi connectivity index (χ4n) is 2.59. The van der Waals surface area contributed by atoms with Gasteiger partial charge in [0.1, 0.15) is 5.82 Å². The van der Waals surface area contributed by atoms with Crippen molar-refractivity contribution in [3.05, 3.63) is 60.1 Å². The van der Waals surface area contributed by atoms with Crippen LogP contribution in [-0.2, 0) is 12.8 Å². The van der Waals surface area contributed by atoms with Crippen LogP contribution in [0.2, 0.25) is 0 Å². The predicted molar refractivity (Wildman–Crippen MR) is 102 cm³/mol. The number of nitrogens with one attached hydrogen (secondary N) is 3. The van der Waals surface area contributed by atoms with Gasteiger partial charge in [-0.1, -0.05) is 30.3 Å². The molecule has 0 fully saturated rings. The van der Waals surface area contributed by atoms with Crippen molar-refractivity contribution in [3.63, 3.8) is 0 Å². The molecule has 7 nitrogen and oxygen atoms in total. The van der Waals surface area contributed by atoms with Gasteiger partial charge in [-0.25, -0.2) is 4.98 Å². The van der Waals surface area contributed by atoms with Crippen molar-refractivity contribution in [2.45, 2.75) is 19.3 Å². The van der Waals surface area contributed by atoms with Crippen LogP contribution in [0.4, 0.5) is 0 Å². The highest BCUT2D eigenvalue weighted by molar-refractivity contribution is 5.79. The summed E-state index contributed by atoms with van der Waals surface area (Å²) in [7, 11) is 1.77. The van der Waals surface area contributed by atoms with Crippen LogP contribution in [-0.4, -0.2) is 41.3 Å². The Morgan fingerprint density at radius 2 is 1.92 bits per heavy atom. The molecule has 0 spiro atoms. The normalized spacial score (nSPS) is 11.5. The fraction of sp³-hybridized carbons (Fsp3) is 0.316. The van der Waals surface area contributed by atoms with Crippen LogP contribution in [0.1, 0.15) is 17.8 Å². The molecule has 7 heteroatoms. The number of hydrogen-bond acceptors (Lipinski definition) is 4. The molecule has 0 atom stereocenters. The van der Waals surface area contributed by atoms with Gasteiger partial charge in [0.2, 0.25) is 5.82 Å². The predicted octanol–water partition coefficient (Wildman–Crippen LogP) is 2.40. The lowest BCUT2D eigenvalue weighted by Crippen LogP contribution is -2.38. The van der Waals surface area contributed by atoms with E-state index < -0.39 is 0 Å². The molecule has 2 heterocycles. The number of guanidine groups is 1. The van der Waals surface area contributed by atoms with Gasteiger partial charge in [0.15, 0.2) is 11.7 Å². The third kappa shape index (κ3) is 5.20. The SMILES string of the molecule is CN=C(NCCCc1ccccc1)NCCc1nc(-c2ccco2)n[nH]1. The van der Waals surface area contributed by atoms with Crippen molar-refractivity contribution in [2.24, 2.45) is 4.99 Å². The first kappa shape index (κ1) is 17.7. The summed E-state index contributed by atoms with van der Waals surface area (Å²) < 4.78 is 5.29. The van der Waals surface area contributed by atoms with Crippen molar-refractivity contribution in [3.8, 4) is 11.6 Å². The summed E-state index contributed by atoms with van der Waals surface area (Å²) in [6, 6.07) is 14.2. The molecule has 3 aromatic rings. The van der Waals surface area contributed by atoms with Crippen LogP contribution in [0, 0.1) is 0 Å². The van der Waals surface area contributed by atoms with E-state index in [2.05, 4.69) is 55.1 Å². The topological polar surface area (TPSA) is 91.1 Å². The Morgan fingerprint density at radius 1 is 1.08 bits per heavy atom. The van der Waals surface area contributed by atoms with Gasteiger partial charge < -0.3 is 15.1 Å². The molecule has 3 rings (SSSR count). The lowest BCUT2D eigenvalue weighted by atomic mass is 10.1. The van der Waals surface area contributed by atoms with Gasteiger partial charge in [-0.15, -0.1) is 0 Å². The molecule has 0 amide bonds. The molecule has 0 aliphatic heterocycles. The summed E-state index contributed by atoms with van der Waals surface area (Å²) in [6.45, 7) is 1.59. The van der Waals surface area contributed by atoms with Crippen LogP contribution >= 0.6 is 0 Å². The third-order valence-corrected chi connectivity index (χ3v) is 3.93. The molecule has 0 unspecified atom stereocenters. The van der Waals surface area contributed by atoms with E-state index in [-0.39, 0.29) is 0 Å². The average Bonchev–Trinajstić information content (AvgIpc) is 3.36. The Balaban J connectivity index is 1.35. The van der Waals surface area contributed by atoms with Crippen molar-refractivity contribution < 1.29 is 4.42 Å². The molecular weight excluding hydrogens is 328 g/mol. The van der Waals surface area contributed by atoms with Crippen LogP contribution < -0.4 is 10.6 Å². The summed E-state index contributed by atoms with van der Waals surface area (Å²) in [6.07, 6.45) is 4.44. The zero-order chi connectivity index (χ0) is 18.0. The summed E-state index contributed by atoms with van der Waals surface area (Å²) in [5.74, 6) is 2.84. The molecule has 0 saturated carbocycles. The third-order valence-electron chi connectivity index (χ3n) is 3.93. The number of H-pyrrole nitrogens is 1. The first-order valence-electron chi connectivity index (χ1n) is 8.79. The fourth-order valence-corrected chi connectivity index (χ4v) is 2.59. The number of aromatic amines is 1. The lowest BCUT2D eigenvalue weighted by Gasteiger charge is -2.11. The van der Waals surface area contributed by atoms with E-state index in [1.54, 1.807) is 13.3 Å². The van der Waals surface area contributed by atoms with E-state index in [1.807, 2.05) is 18.2 Å². The molecule has 1 aromatic carbocycles. The summed E-state index contributed by atoms with van der Waals surface area (Å²) in [5.41, 5.74) is 1.36. The molecule has 0 bridgehead atoms. The van der Waals surface area contributed by atoms with Crippen molar-refractivity contribution >= 4 is 5.96 Å². The van der Waals surface area contributed by atoms with E-state index in [4.69, 9.17) is 4.42 Å². The average molecular weight is 352 g/mol. The highest BCUT2D eigenvalue weighted by atomic mass is 16.3. The highest BCUT2D eigenvalue weighted by Gasteiger charge is 2.08. The molecule has 0 saturated heterocycles. The summed E-state index contributed by atoms with van der Waals surface area (Å²) in [5, 5.41) is 13.7. The zero-order valence-corrected chi connectivity index (χ0v) is 14.9. The van der Waals surface area contributed by atoms with Crippen LogP contribution in [0.25, 0.3) is 11.6 Å². The van der Waals surface area contributed by atoms with E-state index >= 15 is 0 Å². The molecule has 26 heavy (non-hydrogen) atoms. The lowest BCUT2D eigenvalue weighted by molar-refractivity contribution is 0.577. The minimum absolute atomic E-state index is 0.577. The van der Waals surface area contributed by atoms with Gasteiger partial charge in [0, 0.05) is 26.6 Å². The monoisotopic (exact) mass is 352 g/mol. The number of aliphatic imine (C=N–C) groups is 1. The van der Waals surface area contributed by atoms with Gasteiger partial charge in [-0.3, -0.25) is 10.1 Å². The van der Waals surface area contributed by atoms with Crippen molar-refractivity contribution in [2.75, 3.05) is 20.1 Å². The van der Waals surface area contributed by atoms with Crippen LogP contribution in [0.5, 0.6) is 0 Å². The molecule has 0 aliphatic rings. The summed E-state index contributed by atoms with van der Waals surface area (Å²) >= 11 is 0. The Hall–Kier alpha value is -3.09. The highest BCUT2D eigenvalue weighted by Crippen LogP contribution is 2.14. The number of aromatic nitrogens is 3. The molecule has 2 aromatic heterocycles. The Morgan fingerprint density at radius 3 is 2.69 bits per heavy atom. The minimum atomic E-state index is 0.577. The Labute approximate surface area is 153 Å². The Kier molecular flexibility index (Phi) is 6.41. The van der Waals surface area contributed by atoms with Crippen molar-refractivity contribution in [1.82, 2.24) is 25.8 Å². The van der Waals surface area contributed by atoms with E-state index in [9.17, 15) is 0 Å². The number of nitrogens with zero attached hydrogens (tertiary/aromatic N) is 3. The smallest absolute Gasteiger partial charge is 0.216 e. The number of hydrogen-bond donors (Lipinski definition) is 3. The second-order valence-electron chi connectivity index (χ2n) is 5.85. The van der Waals surface area contributed by atoms with Crippen LogP contribution in [0.3, 0.4) is 0 Å². The van der Waals surface area contributed by atoms with Crippen LogP contribution in [0.15, 0.2) is 58.1 Å². The largest absolute Gasteiger partial charge is 0.461 e. The summed E-state index contributed by atoms with van der Waals surface area (Å²) in [4.78, 5) is 8.67. The molecule has 136 valence electrons. The number of aryl methyl sites for hydroxylation is 1. The Bertz CT molecular complexity index is 795. The minimum Gasteiger partial charge on any atom is -0.461 e. The van der Waals surface area contributed by atoms with E-state index in [0.717, 1.165) is 37.6 Å². The van der Waals surface area contributed by atoms with Gasteiger partial charge in [0.05, 0.1) is 6.26 Å². The molecule has 0 aliphatic carbocycles. The van der Waals surface area contributed by atoms with Crippen molar-refractivity contribution in [1.29, 1.82) is 0 Å². The first-order chi connectivity index (χ1) is 12.8. The molecule has 3 N–H and O–H groups in total. The van der Waals surface area contributed by atoms with Gasteiger partial charge in [-0.05, 0) is 30.5 Å².